The van der Waals surface area contributed by atoms with Gasteiger partial charge in [-0.25, -0.2) is 0 Å². The second kappa shape index (κ2) is 5.73. The van der Waals surface area contributed by atoms with E-state index >= 15 is 0 Å². The van der Waals surface area contributed by atoms with Crippen LogP contribution in [0, 0.1) is 11.8 Å². The maximum atomic E-state index is 12.1. The van der Waals surface area contributed by atoms with Gasteiger partial charge in [0.25, 0.3) is 0 Å². The lowest BCUT2D eigenvalue weighted by Gasteiger charge is -2.15. The quantitative estimate of drug-likeness (QED) is 0.872. The predicted octanol–water partition coefficient (Wildman–Crippen LogP) is 2.13. The van der Waals surface area contributed by atoms with Crippen molar-refractivity contribution in [2.75, 3.05) is 12.4 Å². The van der Waals surface area contributed by atoms with Crippen LogP contribution in [0.3, 0.4) is 0 Å². The van der Waals surface area contributed by atoms with Gasteiger partial charge in [0, 0.05) is 11.8 Å². The number of rotatable bonds is 4. The number of ether oxygens (including phenoxy) is 1. The fraction of sp³-hybridized carbons (Fsp3) is 0.429. The van der Waals surface area contributed by atoms with Crippen LogP contribution >= 0.6 is 0 Å². The Hall–Kier alpha value is -2.04. The maximum Gasteiger partial charge on any atom is 0.307 e. The Kier molecular flexibility index (Phi) is 4.04. The van der Waals surface area contributed by atoms with E-state index in [0.717, 1.165) is 6.42 Å². The molecular weight excluding hydrogens is 246 g/mol. The van der Waals surface area contributed by atoms with E-state index in [1.54, 1.807) is 31.4 Å². The van der Waals surface area contributed by atoms with Crippen LogP contribution in [0.1, 0.15) is 19.3 Å². The molecule has 102 valence electrons. The van der Waals surface area contributed by atoms with Crippen LogP contribution in [0.4, 0.5) is 5.69 Å². The molecule has 0 radical (unpaired) electrons. The second-order valence-electron chi connectivity index (χ2n) is 4.70. The van der Waals surface area contributed by atoms with Crippen LogP contribution in [0.5, 0.6) is 5.75 Å². The highest BCUT2D eigenvalue weighted by molar-refractivity contribution is 5.95. The number of hydrogen-bond donors (Lipinski definition) is 2. The fourth-order valence-electron chi connectivity index (χ4n) is 2.51. The highest BCUT2D eigenvalue weighted by Crippen LogP contribution is 2.33. The molecule has 0 aliphatic heterocycles. The lowest BCUT2D eigenvalue weighted by atomic mass is 9.95. The summed E-state index contributed by atoms with van der Waals surface area (Å²) >= 11 is 0. The van der Waals surface area contributed by atoms with E-state index in [9.17, 15) is 9.59 Å². The van der Waals surface area contributed by atoms with E-state index in [1.807, 2.05) is 0 Å². The molecule has 19 heavy (non-hydrogen) atoms. The van der Waals surface area contributed by atoms with Crippen LogP contribution in [-0.4, -0.2) is 24.1 Å². The normalized spacial score (nSPS) is 21.9. The first-order chi connectivity index (χ1) is 9.11. The number of hydrogen-bond acceptors (Lipinski definition) is 3. The summed E-state index contributed by atoms with van der Waals surface area (Å²) in [4.78, 5) is 23.2. The molecule has 1 amide bonds. The van der Waals surface area contributed by atoms with Crippen molar-refractivity contribution in [3.8, 4) is 5.75 Å². The fourth-order valence-corrected chi connectivity index (χ4v) is 2.51. The van der Waals surface area contributed by atoms with Crippen molar-refractivity contribution in [3.63, 3.8) is 0 Å². The Bertz CT molecular complexity index is 486. The van der Waals surface area contributed by atoms with E-state index < -0.39 is 17.8 Å². The third kappa shape index (κ3) is 3.05. The van der Waals surface area contributed by atoms with Crippen LogP contribution in [-0.2, 0) is 9.59 Å². The Morgan fingerprint density at radius 1 is 1.32 bits per heavy atom. The molecule has 0 aromatic heterocycles. The molecule has 2 atom stereocenters. The molecule has 0 saturated heterocycles. The molecule has 2 rings (SSSR count). The number of aliphatic carboxylic acids is 1. The minimum absolute atomic E-state index is 0.224. The summed E-state index contributed by atoms with van der Waals surface area (Å²) in [6.45, 7) is 0. The van der Waals surface area contributed by atoms with Crippen LogP contribution in [0.2, 0.25) is 0 Å². The van der Waals surface area contributed by atoms with Gasteiger partial charge in [-0.2, -0.15) is 0 Å². The first-order valence-electron chi connectivity index (χ1n) is 6.29. The molecule has 1 fully saturated rings. The standard InChI is InChI=1S/C14H17NO4/c1-19-10-5-2-4-9(8-10)15-13(16)11-6-3-7-12(11)14(17)18/h2,4-5,8,11-12H,3,6-7H2,1H3,(H,15,16)(H,17,18). The zero-order valence-corrected chi connectivity index (χ0v) is 10.8. The number of methoxy groups -OCH3 is 1. The predicted molar refractivity (Wildman–Crippen MR) is 70.1 cm³/mol. The molecule has 1 aromatic carbocycles. The molecule has 5 nitrogen and oxygen atoms in total. The highest BCUT2D eigenvalue weighted by Gasteiger charge is 2.37. The van der Waals surface area contributed by atoms with Crippen molar-refractivity contribution in [1.29, 1.82) is 0 Å². The minimum atomic E-state index is -0.886. The molecule has 1 saturated carbocycles. The summed E-state index contributed by atoms with van der Waals surface area (Å²) in [5, 5.41) is 11.8. The molecular formula is C14H17NO4. The van der Waals surface area contributed by atoms with Crippen molar-refractivity contribution >= 4 is 17.6 Å². The second-order valence-corrected chi connectivity index (χ2v) is 4.70. The number of amides is 1. The van der Waals surface area contributed by atoms with Crippen LogP contribution < -0.4 is 10.1 Å². The molecule has 0 bridgehead atoms. The van der Waals surface area contributed by atoms with Gasteiger partial charge in [-0.15, -0.1) is 0 Å². The summed E-state index contributed by atoms with van der Waals surface area (Å²) in [7, 11) is 1.55. The summed E-state index contributed by atoms with van der Waals surface area (Å²) < 4.78 is 5.08. The maximum absolute atomic E-state index is 12.1. The topological polar surface area (TPSA) is 75.6 Å². The van der Waals surface area contributed by atoms with E-state index in [4.69, 9.17) is 9.84 Å². The van der Waals surface area contributed by atoms with Crippen molar-refractivity contribution in [2.45, 2.75) is 19.3 Å². The zero-order chi connectivity index (χ0) is 13.8. The number of carboxylic acid groups (broad SMARTS) is 1. The molecule has 2 unspecified atom stereocenters. The van der Waals surface area contributed by atoms with Gasteiger partial charge in [0.05, 0.1) is 18.9 Å². The number of benzene rings is 1. The van der Waals surface area contributed by atoms with Crippen molar-refractivity contribution < 1.29 is 19.4 Å². The van der Waals surface area contributed by atoms with E-state index in [-0.39, 0.29) is 5.91 Å². The smallest absolute Gasteiger partial charge is 0.307 e. The van der Waals surface area contributed by atoms with Gasteiger partial charge in [-0.3, -0.25) is 9.59 Å². The summed E-state index contributed by atoms with van der Waals surface area (Å²) in [5.41, 5.74) is 0.625. The first kappa shape index (κ1) is 13.4. The Morgan fingerprint density at radius 2 is 2.05 bits per heavy atom. The van der Waals surface area contributed by atoms with E-state index in [2.05, 4.69) is 5.32 Å². The van der Waals surface area contributed by atoms with Gasteiger partial charge >= 0.3 is 5.97 Å². The number of carboxylic acids is 1. The molecule has 1 aliphatic rings. The van der Waals surface area contributed by atoms with Crippen molar-refractivity contribution in [1.82, 2.24) is 0 Å². The average molecular weight is 263 g/mol. The number of anilines is 1. The lowest BCUT2D eigenvalue weighted by Crippen LogP contribution is -2.29. The SMILES string of the molecule is COc1cccc(NC(=O)C2CCCC2C(=O)O)c1. The molecule has 1 aromatic rings. The zero-order valence-electron chi connectivity index (χ0n) is 10.8. The summed E-state index contributed by atoms with van der Waals surface area (Å²) in [5.74, 6) is -1.46. The van der Waals surface area contributed by atoms with Crippen molar-refractivity contribution in [2.24, 2.45) is 11.8 Å². The van der Waals surface area contributed by atoms with Crippen LogP contribution in [0.15, 0.2) is 24.3 Å². The van der Waals surface area contributed by atoms with Crippen LogP contribution in [0.25, 0.3) is 0 Å². The number of nitrogens with one attached hydrogen (secondary N) is 1. The summed E-state index contributed by atoms with van der Waals surface area (Å²) in [6, 6.07) is 7.02. The monoisotopic (exact) mass is 263 g/mol. The van der Waals surface area contributed by atoms with Gasteiger partial charge < -0.3 is 15.2 Å². The van der Waals surface area contributed by atoms with Crippen molar-refractivity contribution in [3.05, 3.63) is 24.3 Å². The van der Waals surface area contributed by atoms with Gasteiger partial charge in [0.1, 0.15) is 5.75 Å². The van der Waals surface area contributed by atoms with E-state index in [0.29, 0.717) is 24.3 Å². The first-order valence-corrected chi connectivity index (χ1v) is 6.29. The molecule has 0 spiro atoms. The van der Waals surface area contributed by atoms with E-state index in [1.165, 1.54) is 0 Å². The third-order valence-electron chi connectivity index (χ3n) is 3.51. The lowest BCUT2D eigenvalue weighted by molar-refractivity contribution is -0.145. The molecule has 5 heteroatoms. The summed E-state index contributed by atoms with van der Waals surface area (Å²) in [6.07, 6.45) is 1.99. The van der Waals surface area contributed by atoms with Gasteiger partial charge in [0.15, 0.2) is 0 Å². The van der Waals surface area contributed by atoms with Gasteiger partial charge in [-0.1, -0.05) is 12.5 Å². The third-order valence-corrected chi connectivity index (χ3v) is 3.51. The van der Waals surface area contributed by atoms with Gasteiger partial charge in [0.2, 0.25) is 5.91 Å². The molecule has 0 heterocycles. The molecule has 2 N–H and O–H groups in total. The average Bonchev–Trinajstić information content (AvgIpc) is 2.88. The Balaban J connectivity index is 2.06. The van der Waals surface area contributed by atoms with Gasteiger partial charge in [-0.05, 0) is 25.0 Å². The number of carbonyl (C=O) groups excluding carboxylic acids is 1. The Morgan fingerprint density at radius 3 is 2.74 bits per heavy atom. The minimum Gasteiger partial charge on any atom is -0.497 e. The number of carbonyl (C=O) groups is 2. The molecule has 1 aliphatic carbocycles. The Labute approximate surface area is 111 Å². The largest absolute Gasteiger partial charge is 0.497 e. The highest BCUT2D eigenvalue weighted by atomic mass is 16.5.